The minimum Gasteiger partial charge on any atom is -0.508 e. The topological polar surface area (TPSA) is 74.6 Å². The van der Waals surface area contributed by atoms with Gasteiger partial charge in [-0.3, -0.25) is 0 Å². The van der Waals surface area contributed by atoms with Crippen LogP contribution < -0.4 is 0 Å². The van der Waals surface area contributed by atoms with Crippen LogP contribution in [0.3, 0.4) is 0 Å². The lowest BCUT2D eigenvalue weighted by Crippen LogP contribution is -2.06. The average molecular weight is 292 g/mol. The highest BCUT2D eigenvalue weighted by Crippen LogP contribution is 2.34. The Morgan fingerprint density at radius 3 is 2.20 bits per heavy atom. The Morgan fingerprint density at radius 1 is 0.900 bits per heavy atom. The summed E-state index contributed by atoms with van der Waals surface area (Å²) in [6, 6.07) is 7.28. The fraction of sp³-hybridized carbons (Fsp3) is 0.200. The molecule has 0 spiro atoms. The second-order valence-corrected chi connectivity index (χ2v) is 6.70. The highest BCUT2D eigenvalue weighted by atomic mass is 32.2. The first-order valence-corrected chi connectivity index (χ1v) is 7.57. The van der Waals surface area contributed by atoms with E-state index in [0.29, 0.717) is 16.7 Å². The van der Waals surface area contributed by atoms with Crippen LogP contribution in [-0.4, -0.2) is 18.6 Å². The molecular formula is C15H16O4S. The summed E-state index contributed by atoms with van der Waals surface area (Å²) in [4.78, 5) is -0.137. The third-order valence-electron chi connectivity index (χ3n) is 3.38. The van der Waals surface area contributed by atoms with E-state index in [1.807, 2.05) is 0 Å². The Bertz CT molecular complexity index is 777. The molecule has 5 heteroatoms. The quantitative estimate of drug-likeness (QED) is 0.892. The Balaban J connectivity index is 2.77. The third kappa shape index (κ3) is 2.25. The Morgan fingerprint density at radius 2 is 1.55 bits per heavy atom. The van der Waals surface area contributed by atoms with Crippen LogP contribution in [0.5, 0.6) is 11.5 Å². The van der Waals surface area contributed by atoms with Gasteiger partial charge < -0.3 is 10.2 Å². The van der Waals surface area contributed by atoms with Crippen molar-refractivity contribution < 1.29 is 18.6 Å². The molecule has 0 heterocycles. The molecule has 0 amide bonds. The Hall–Kier alpha value is -2.01. The number of hydrogen-bond donors (Lipinski definition) is 2. The van der Waals surface area contributed by atoms with Crippen LogP contribution in [0.4, 0.5) is 0 Å². The van der Waals surface area contributed by atoms with Crippen molar-refractivity contribution in [2.24, 2.45) is 0 Å². The maximum Gasteiger partial charge on any atom is 0.210 e. The SMILES string of the molecule is Cc1cc(O)cc(S(=O)(=O)c2cccc(C)c2O)c1C. The monoisotopic (exact) mass is 292 g/mol. The smallest absolute Gasteiger partial charge is 0.210 e. The molecule has 2 rings (SSSR count). The number of benzene rings is 2. The minimum atomic E-state index is -3.88. The molecule has 2 aromatic rings. The maximum absolute atomic E-state index is 12.7. The van der Waals surface area contributed by atoms with E-state index in [4.69, 9.17) is 0 Å². The van der Waals surface area contributed by atoms with Gasteiger partial charge in [-0.15, -0.1) is 0 Å². The predicted octanol–water partition coefficient (Wildman–Crippen LogP) is 2.86. The largest absolute Gasteiger partial charge is 0.508 e. The first-order chi connectivity index (χ1) is 9.25. The van der Waals surface area contributed by atoms with Gasteiger partial charge in [0.2, 0.25) is 9.84 Å². The van der Waals surface area contributed by atoms with Gasteiger partial charge in [-0.1, -0.05) is 12.1 Å². The lowest BCUT2D eigenvalue weighted by atomic mass is 10.1. The zero-order valence-corrected chi connectivity index (χ0v) is 12.3. The van der Waals surface area contributed by atoms with Crippen LogP contribution in [-0.2, 0) is 9.84 Å². The molecule has 106 valence electrons. The molecular weight excluding hydrogens is 276 g/mol. The van der Waals surface area contributed by atoms with Crippen molar-refractivity contribution in [3.8, 4) is 11.5 Å². The van der Waals surface area contributed by atoms with Crippen molar-refractivity contribution in [3.63, 3.8) is 0 Å². The number of aryl methyl sites for hydroxylation is 2. The van der Waals surface area contributed by atoms with Crippen LogP contribution in [0.1, 0.15) is 16.7 Å². The van der Waals surface area contributed by atoms with Crippen molar-refractivity contribution in [1.82, 2.24) is 0 Å². The molecule has 0 bridgehead atoms. The molecule has 4 nitrogen and oxygen atoms in total. The molecule has 0 fully saturated rings. The Kier molecular flexibility index (Phi) is 3.48. The van der Waals surface area contributed by atoms with Crippen molar-refractivity contribution in [3.05, 3.63) is 47.0 Å². The van der Waals surface area contributed by atoms with Gasteiger partial charge in [-0.25, -0.2) is 8.42 Å². The van der Waals surface area contributed by atoms with Gasteiger partial charge in [0.15, 0.2) is 0 Å². The van der Waals surface area contributed by atoms with Gasteiger partial charge >= 0.3 is 0 Å². The van der Waals surface area contributed by atoms with E-state index < -0.39 is 9.84 Å². The van der Waals surface area contributed by atoms with Gasteiger partial charge in [-0.05, 0) is 55.7 Å². The summed E-state index contributed by atoms with van der Waals surface area (Å²) in [6.07, 6.45) is 0. The summed E-state index contributed by atoms with van der Waals surface area (Å²) < 4.78 is 25.3. The number of para-hydroxylation sites is 1. The molecule has 2 aromatic carbocycles. The van der Waals surface area contributed by atoms with E-state index in [1.165, 1.54) is 18.2 Å². The van der Waals surface area contributed by atoms with Crippen molar-refractivity contribution in [1.29, 1.82) is 0 Å². The molecule has 0 aliphatic rings. The number of phenols is 2. The summed E-state index contributed by atoms with van der Waals surface area (Å²) in [5.41, 5.74) is 1.72. The van der Waals surface area contributed by atoms with Gasteiger partial charge in [-0.2, -0.15) is 0 Å². The lowest BCUT2D eigenvalue weighted by molar-refractivity contribution is 0.454. The maximum atomic E-state index is 12.7. The van der Waals surface area contributed by atoms with E-state index in [1.54, 1.807) is 32.9 Å². The summed E-state index contributed by atoms with van der Waals surface area (Å²) >= 11 is 0. The average Bonchev–Trinajstić information content (AvgIpc) is 2.36. The lowest BCUT2D eigenvalue weighted by Gasteiger charge is -2.12. The predicted molar refractivity (Wildman–Crippen MR) is 75.9 cm³/mol. The van der Waals surface area contributed by atoms with Crippen LogP contribution in [0.2, 0.25) is 0 Å². The number of phenolic OH excluding ortho intramolecular Hbond substituents is 2. The van der Waals surface area contributed by atoms with Crippen LogP contribution >= 0.6 is 0 Å². The third-order valence-corrected chi connectivity index (χ3v) is 5.30. The van der Waals surface area contributed by atoms with Gasteiger partial charge in [0.25, 0.3) is 0 Å². The molecule has 2 N–H and O–H groups in total. The van der Waals surface area contributed by atoms with Crippen LogP contribution in [0.25, 0.3) is 0 Å². The highest BCUT2D eigenvalue weighted by Gasteiger charge is 2.25. The second-order valence-electron chi connectivity index (χ2n) is 4.81. The van der Waals surface area contributed by atoms with Crippen LogP contribution in [0.15, 0.2) is 40.1 Å². The first kappa shape index (κ1) is 14.4. The molecule has 0 radical (unpaired) electrons. The minimum absolute atomic E-state index is 0.0101. The van der Waals surface area contributed by atoms with E-state index in [9.17, 15) is 18.6 Å². The fourth-order valence-electron chi connectivity index (χ4n) is 2.06. The molecule has 0 aliphatic heterocycles. The molecule has 0 unspecified atom stereocenters. The summed E-state index contributed by atoms with van der Waals surface area (Å²) in [7, 11) is -3.88. The standard InChI is InChI=1S/C15H16O4S/c1-9-5-4-6-13(15(9)17)20(18,19)14-8-12(16)7-10(2)11(14)3/h4-8,16-17H,1-3H3. The summed E-state index contributed by atoms with van der Waals surface area (Å²) in [5.74, 6) is -0.369. The zero-order chi connectivity index (χ0) is 15.1. The summed E-state index contributed by atoms with van der Waals surface area (Å²) in [6.45, 7) is 5.04. The Labute approximate surface area is 118 Å². The van der Waals surface area contributed by atoms with Crippen molar-refractivity contribution in [2.45, 2.75) is 30.6 Å². The molecule has 0 aliphatic carbocycles. The molecule has 0 saturated carbocycles. The fourth-order valence-corrected chi connectivity index (χ4v) is 3.81. The van der Waals surface area contributed by atoms with Gasteiger partial charge in [0, 0.05) is 0 Å². The number of hydrogen-bond acceptors (Lipinski definition) is 4. The number of aromatic hydroxyl groups is 2. The van der Waals surface area contributed by atoms with E-state index >= 15 is 0 Å². The van der Waals surface area contributed by atoms with Crippen molar-refractivity contribution >= 4 is 9.84 Å². The van der Waals surface area contributed by atoms with Gasteiger partial charge in [0.05, 0.1) is 4.90 Å². The van der Waals surface area contributed by atoms with E-state index in [2.05, 4.69) is 0 Å². The highest BCUT2D eigenvalue weighted by molar-refractivity contribution is 7.91. The van der Waals surface area contributed by atoms with Crippen molar-refractivity contribution in [2.75, 3.05) is 0 Å². The normalized spacial score (nSPS) is 11.6. The van der Waals surface area contributed by atoms with Gasteiger partial charge in [0.1, 0.15) is 16.4 Å². The van der Waals surface area contributed by atoms with E-state index in [0.717, 1.165) is 0 Å². The first-order valence-electron chi connectivity index (χ1n) is 6.09. The molecule has 0 saturated heterocycles. The molecule has 0 aromatic heterocycles. The van der Waals surface area contributed by atoms with E-state index in [-0.39, 0.29) is 21.3 Å². The second kappa shape index (κ2) is 4.83. The number of sulfone groups is 1. The number of rotatable bonds is 2. The summed E-state index contributed by atoms with van der Waals surface area (Å²) in [5, 5.41) is 19.6. The molecule has 0 atom stereocenters. The van der Waals surface area contributed by atoms with Crippen LogP contribution in [0, 0.1) is 20.8 Å². The zero-order valence-electron chi connectivity index (χ0n) is 11.5. The molecule has 20 heavy (non-hydrogen) atoms.